The molecule has 0 bridgehead atoms. The van der Waals surface area contributed by atoms with Crippen molar-refractivity contribution in [3.8, 4) is 0 Å². The van der Waals surface area contributed by atoms with Crippen molar-refractivity contribution >= 4 is 24.2 Å². The van der Waals surface area contributed by atoms with Gasteiger partial charge in [-0.25, -0.2) is 0 Å². The van der Waals surface area contributed by atoms with Crippen LogP contribution in [0.5, 0.6) is 0 Å². The fourth-order valence-electron chi connectivity index (χ4n) is 1.73. The minimum absolute atomic E-state index is 0. The number of amides is 2. The first-order valence-electron chi connectivity index (χ1n) is 4.85. The van der Waals surface area contributed by atoms with Crippen molar-refractivity contribution in [2.24, 2.45) is 5.73 Å². The lowest BCUT2D eigenvalue weighted by atomic mass is 10.2. The van der Waals surface area contributed by atoms with Crippen molar-refractivity contribution in [1.82, 2.24) is 10.2 Å². The van der Waals surface area contributed by atoms with Crippen LogP contribution in [0.1, 0.15) is 19.8 Å². The third kappa shape index (κ3) is 3.07. The molecule has 3 N–H and O–H groups in total. The highest BCUT2D eigenvalue weighted by Gasteiger charge is 2.34. The summed E-state index contributed by atoms with van der Waals surface area (Å²) < 4.78 is 0. The normalized spacial score (nSPS) is 21.8. The van der Waals surface area contributed by atoms with Gasteiger partial charge in [0.2, 0.25) is 11.8 Å². The van der Waals surface area contributed by atoms with Gasteiger partial charge in [-0.05, 0) is 19.8 Å². The topological polar surface area (TPSA) is 75.4 Å². The summed E-state index contributed by atoms with van der Waals surface area (Å²) in [5.74, 6) is -0.243. The number of carbonyl (C=O) groups excluding carboxylic acids is 2. The van der Waals surface area contributed by atoms with E-state index in [0.717, 1.165) is 12.8 Å². The Morgan fingerprint density at radius 1 is 1.53 bits per heavy atom. The highest BCUT2D eigenvalue weighted by atomic mass is 35.5. The number of rotatable bonds is 2. The van der Waals surface area contributed by atoms with E-state index in [-0.39, 0.29) is 30.3 Å². The summed E-state index contributed by atoms with van der Waals surface area (Å²) in [7, 11) is 1.58. The third-order valence-corrected chi connectivity index (χ3v) is 2.47. The lowest BCUT2D eigenvalue weighted by Crippen LogP contribution is -2.49. The molecule has 1 saturated heterocycles. The van der Waals surface area contributed by atoms with Crippen LogP contribution in [-0.4, -0.2) is 42.4 Å². The van der Waals surface area contributed by atoms with Gasteiger partial charge in [0.25, 0.3) is 0 Å². The molecule has 5 nitrogen and oxygen atoms in total. The van der Waals surface area contributed by atoms with Crippen molar-refractivity contribution < 1.29 is 9.59 Å². The molecule has 0 aromatic heterocycles. The molecule has 6 heteroatoms. The number of hydrogen-bond acceptors (Lipinski definition) is 3. The molecule has 1 aliphatic rings. The predicted octanol–water partition coefficient (Wildman–Crippen LogP) is -0.508. The number of carbonyl (C=O) groups is 2. The number of likely N-dealkylation sites (tertiary alicyclic amines) is 1. The maximum Gasteiger partial charge on any atom is 0.242 e. The van der Waals surface area contributed by atoms with Gasteiger partial charge in [0.05, 0.1) is 6.04 Å². The fourth-order valence-corrected chi connectivity index (χ4v) is 1.73. The van der Waals surface area contributed by atoms with Crippen molar-refractivity contribution in [3.05, 3.63) is 0 Å². The molecular formula is C9H18ClN3O2. The second-order valence-corrected chi connectivity index (χ2v) is 3.59. The highest BCUT2D eigenvalue weighted by molar-refractivity contribution is 5.89. The SMILES string of the molecule is CNC(=O)[C@@H]1CCCN1C(=O)[C@H](C)N.Cl. The molecule has 0 saturated carbocycles. The zero-order valence-corrected chi connectivity index (χ0v) is 9.84. The van der Waals surface area contributed by atoms with Crippen molar-refractivity contribution in [1.29, 1.82) is 0 Å². The molecule has 0 aromatic carbocycles. The Morgan fingerprint density at radius 2 is 2.13 bits per heavy atom. The number of nitrogens with zero attached hydrogens (tertiary/aromatic N) is 1. The molecule has 1 heterocycles. The van der Waals surface area contributed by atoms with E-state index in [0.29, 0.717) is 6.54 Å². The quantitative estimate of drug-likeness (QED) is 0.677. The predicted molar refractivity (Wildman–Crippen MR) is 59.7 cm³/mol. The van der Waals surface area contributed by atoms with Gasteiger partial charge in [-0.1, -0.05) is 0 Å². The summed E-state index contributed by atoms with van der Waals surface area (Å²) in [6, 6.07) is -0.848. The molecule has 1 aliphatic heterocycles. The van der Waals surface area contributed by atoms with Gasteiger partial charge in [0, 0.05) is 13.6 Å². The molecule has 0 spiro atoms. The first-order chi connectivity index (χ1) is 6.57. The van der Waals surface area contributed by atoms with Crippen LogP contribution in [-0.2, 0) is 9.59 Å². The summed E-state index contributed by atoms with van der Waals surface area (Å²) in [6.45, 7) is 2.28. The van der Waals surface area contributed by atoms with E-state index < -0.39 is 6.04 Å². The van der Waals surface area contributed by atoms with Crippen LogP contribution in [0.15, 0.2) is 0 Å². The molecule has 2 amide bonds. The van der Waals surface area contributed by atoms with Gasteiger partial charge in [-0.3, -0.25) is 9.59 Å². The molecule has 2 atom stereocenters. The van der Waals surface area contributed by atoms with Crippen molar-refractivity contribution in [3.63, 3.8) is 0 Å². The largest absolute Gasteiger partial charge is 0.357 e. The van der Waals surface area contributed by atoms with E-state index in [9.17, 15) is 9.59 Å². The van der Waals surface area contributed by atoms with Crippen LogP contribution in [0.2, 0.25) is 0 Å². The summed E-state index contributed by atoms with van der Waals surface area (Å²) in [4.78, 5) is 24.6. The second kappa shape index (κ2) is 5.92. The second-order valence-electron chi connectivity index (χ2n) is 3.59. The Balaban J connectivity index is 0.00000196. The van der Waals surface area contributed by atoms with E-state index in [4.69, 9.17) is 5.73 Å². The number of likely N-dealkylation sites (N-methyl/N-ethyl adjacent to an activating group) is 1. The Hall–Kier alpha value is -0.810. The lowest BCUT2D eigenvalue weighted by Gasteiger charge is -2.24. The van der Waals surface area contributed by atoms with E-state index in [1.54, 1.807) is 18.9 Å². The maximum absolute atomic E-state index is 11.6. The van der Waals surface area contributed by atoms with Crippen LogP contribution in [0, 0.1) is 0 Å². The van der Waals surface area contributed by atoms with E-state index in [2.05, 4.69) is 5.32 Å². The molecule has 1 fully saturated rings. The zero-order valence-electron chi connectivity index (χ0n) is 9.03. The number of hydrogen-bond donors (Lipinski definition) is 2. The Morgan fingerprint density at radius 3 is 2.60 bits per heavy atom. The molecule has 0 unspecified atom stereocenters. The van der Waals surface area contributed by atoms with Gasteiger partial charge in [0.15, 0.2) is 0 Å². The summed E-state index contributed by atoms with van der Waals surface area (Å²) in [6.07, 6.45) is 1.61. The average molecular weight is 236 g/mol. The van der Waals surface area contributed by atoms with E-state index in [1.807, 2.05) is 0 Å². The highest BCUT2D eigenvalue weighted by Crippen LogP contribution is 2.17. The summed E-state index contributed by atoms with van der Waals surface area (Å²) in [5.41, 5.74) is 5.50. The number of nitrogens with two attached hydrogens (primary N) is 1. The standard InChI is InChI=1S/C9H17N3O2.ClH/c1-6(10)9(14)12-5-3-4-7(12)8(13)11-2;/h6-7H,3-5,10H2,1-2H3,(H,11,13);1H/t6-,7-;/m0./s1. The van der Waals surface area contributed by atoms with Crippen molar-refractivity contribution in [2.45, 2.75) is 31.8 Å². The molecule has 0 aromatic rings. The monoisotopic (exact) mass is 235 g/mol. The van der Waals surface area contributed by atoms with Gasteiger partial charge in [-0.15, -0.1) is 12.4 Å². The lowest BCUT2D eigenvalue weighted by molar-refractivity contribution is -0.138. The van der Waals surface area contributed by atoms with Gasteiger partial charge in [0.1, 0.15) is 6.04 Å². The molecule has 1 rings (SSSR count). The maximum atomic E-state index is 11.6. The smallest absolute Gasteiger partial charge is 0.242 e. The Bertz CT molecular complexity index is 246. The summed E-state index contributed by atoms with van der Waals surface area (Å²) in [5, 5.41) is 2.56. The van der Waals surface area contributed by atoms with Gasteiger partial charge < -0.3 is 16.0 Å². The minimum Gasteiger partial charge on any atom is -0.357 e. The van der Waals surface area contributed by atoms with Crippen LogP contribution < -0.4 is 11.1 Å². The molecule has 88 valence electrons. The van der Waals surface area contributed by atoms with Crippen LogP contribution in [0.4, 0.5) is 0 Å². The van der Waals surface area contributed by atoms with Gasteiger partial charge in [-0.2, -0.15) is 0 Å². The molecule has 0 aliphatic carbocycles. The van der Waals surface area contributed by atoms with E-state index in [1.165, 1.54) is 0 Å². The fraction of sp³-hybridized carbons (Fsp3) is 0.778. The first kappa shape index (κ1) is 14.2. The van der Waals surface area contributed by atoms with Crippen molar-refractivity contribution in [2.75, 3.05) is 13.6 Å². The average Bonchev–Trinajstić information content (AvgIpc) is 2.63. The first-order valence-corrected chi connectivity index (χ1v) is 4.85. The zero-order chi connectivity index (χ0) is 10.7. The van der Waals surface area contributed by atoms with Gasteiger partial charge >= 0.3 is 0 Å². The summed E-state index contributed by atoms with van der Waals surface area (Å²) >= 11 is 0. The Kier molecular flexibility index (Phi) is 5.60. The van der Waals surface area contributed by atoms with E-state index >= 15 is 0 Å². The Labute approximate surface area is 95.8 Å². The third-order valence-electron chi connectivity index (χ3n) is 2.47. The number of halogens is 1. The van der Waals surface area contributed by atoms with Crippen LogP contribution in [0.25, 0.3) is 0 Å². The molecule has 15 heavy (non-hydrogen) atoms. The molecule has 0 radical (unpaired) electrons. The van der Waals surface area contributed by atoms with Crippen LogP contribution >= 0.6 is 12.4 Å². The minimum atomic E-state index is -0.528. The van der Waals surface area contributed by atoms with Crippen LogP contribution in [0.3, 0.4) is 0 Å². The number of nitrogens with one attached hydrogen (secondary N) is 1. The molecular weight excluding hydrogens is 218 g/mol.